The second-order valence-corrected chi connectivity index (χ2v) is 4.46. The van der Waals surface area contributed by atoms with Gasteiger partial charge in [-0.1, -0.05) is 34.1 Å². The minimum absolute atomic E-state index is 0.100. The Morgan fingerprint density at radius 2 is 1.71 bits per heavy atom. The Hall–Kier alpha value is -0.860. The van der Waals surface area contributed by atoms with Crippen molar-refractivity contribution in [3.05, 3.63) is 46.4 Å². The molecule has 0 spiro atoms. The maximum absolute atomic E-state index is 5.83. The average Bonchev–Trinajstić information content (AvgIpc) is 2.16. The van der Waals surface area contributed by atoms with E-state index in [0.29, 0.717) is 0 Å². The van der Waals surface area contributed by atoms with Crippen molar-refractivity contribution in [2.24, 2.45) is 5.73 Å². The van der Waals surface area contributed by atoms with Crippen LogP contribution in [-0.2, 0) is 0 Å². The van der Waals surface area contributed by atoms with E-state index in [1.807, 2.05) is 13.0 Å². The third-order valence-electron chi connectivity index (χ3n) is 2.35. The molecule has 2 aromatic rings. The fourth-order valence-electron chi connectivity index (χ4n) is 1.52. The van der Waals surface area contributed by atoms with Gasteiger partial charge in [-0.15, -0.1) is 0 Å². The van der Waals surface area contributed by atoms with Crippen LogP contribution in [0.1, 0.15) is 18.5 Å². The van der Waals surface area contributed by atoms with E-state index in [-0.39, 0.29) is 6.04 Å². The smallest absolute Gasteiger partial charge is 0.0266 e. The Labute approximate surface area is 92.1 Å². The highest BCUT2D eigenvalue weighted by molar-refractivity contribution is 9.10. The number of nitrogens with two attached hydrogens (primary N) is 1. The summed E-state index contributed by atoms with van der Waals surface area (Å²) in [5.74, 6) is 0. The summed E-state index contributed by atoms with van der Waals surface area (Å²) in [6.07, 6.45) is 0. The molecule has 0 amide bonds. The quantitative estimate of drug-likeness (QED) is 0.821. The summed E-state index contributed by atoms with van der Waals surface area (Å²) in [7, 11) is 0. The number of halogens is 1. The van der Waals surface area contributed by atoms with Gasteiger partial charge in [-0.2, -0.15) is 0 Å². The molecule has 1 nitrogen and oxygen atoms in total. The van der Waals surface area contributed by atoms with Crippen molar-refractivity contribution in [3.8, 4) is 0 Å². The molecule has 0 saturated heterocycles. The summed E-state index contributed by atoms with van der Waals surface area (Å²) in [4.78, 5) is 0. The zero-order valence-electron chi connectivity index (χ0n) is 8.00. The van der Waals surface area contributed by atoms with Crippen LogP contribution in [0.4, 0.5) is 0 Å². The molecule has 0 radical (unpaired) electrons. The first-order valence-electron chi connectivity index (χ1n) is 4.61. The van der Waals surface area contributed by atoms with Crippen LogP contribution in [0.5, 0.6) is 0 Å². The standard InChI is InChI=1S/C12H12BrN/c1-8(14)9-2-3-11-7-12(13)5-4-10(11)6-9/h2-8H,14H2,1H3/t8-/m1/s1. The lowest BCUT2D eigenvalue weighted by Crippen LogP contribution is -2.04. The fourth-order valence-corrected chi connectivity index (χ4v) is 1.90. The van der Waals surface area contributed by atoms with Crippen molar-refractivity contribution in [2.75, 3.05) is 0 Å². The first kappa shape index (κ1) is 9.69. The van der Waals surface area contributed by atoms with E-state index < -0.39 is 0 Å². The molecule has 72 valence electrons. The van der Waals surface area contributed by atoms with Crippen molar-refractivity contribution in [3.63, 3.8) is 0 Å². The Morgan fingerprint density at radius 1 is 1.07 bits per heavy atom. The van der Waals surface area contributed by atoms with Crippen LogP contribution in [0.25, 0.3) is 10.8 Å². The maximum atomic E-state index is 5.83. The summed E-state index contributed by atoms with van der Waals surface area (Å²) >= 11 is 3.46. The molecule has 14 heavy (non-hydrogen) atoms. The minimum Gasteiger partial charge on any atom is -0.324 e. The van der Waals surface area contributed by atoms with Crippen molar-refractivity contribution in [1.29, 1.82) is 0 Å². The van der Waals surface area contributed by atoms with Crippen molar-refractivity contribution >= 4 is 26.7 Å². The normalized spacial score (nSPS) is 13.1. The number of benzene rings is 2. The molecule has 0 fully saturated rings. The van der Waals surface area contributed by atoms with Gasteiger partial charge in [-0.25, -0.2) is 0 Å². The van der Waals surface area contributed by atoms with Crippen LogP contribution >= 0.6 is 15.9 Å². The van der Waals surface area contributed by atoms with Gasteiger partial charge in [0.1, 0.15) is 0 Å². The maximum Gasteiger partial charge on any atom is 0.0266 e. The van der Waals surface area contributed by atoms with Gasteiger partial charge >= 0.3 is 0 Å². The van der Waals surface area contributed by atoms with Crippen LogP contribution in [0.15, 0.2) is 40.9 Å². The van der Waals surface area contributed by atoms with Gasteiger partial charge < -0.3 is 5.73 Å². The van der Waals surface area contributed by atoms with Crippen LogP contribution in [-0.4, -0.2) is 0 Å². The molecule has 0 heterocycles. The second-order valence-electron chi connectivity index (χ2n) is 3.54. The highest BCUT2D eigenvalue weighted by Crippen LogP contribution is 2.22. The zero-order chi connectivity index (χ0) is 10.1. The molecular formula is C12H12BrN. The second kappa shape index (κ2) is 3.71. The Bertz CT molecular complexity index is 463. The lowest BCUT2D eigenvalue weighted by molar-refractivity contribution is 0.820. The summed E-state index contributed by atoms with van der Waals surface area (Å²) < 4.78 is 1.11. The minimum atomic E-state index is 0.100. The summed E-state index contributed by atoms with van der Waals surface area (Å²) in [6.45, 7) is 2.00. The predicted octanol–water partition coefficient (Wildman–Crippen LogP) is 3.62. The van der Waals surface area contributed by atoms with Crippen molar-refractivity contribution in [1.82, 2.24) is 0 Å². The Morgan fingerprint density at radius 3 is 2.43 bits per heavy atom. The van der Waals surface area contributed by atoms with E-state index in [4.69, 9.17) is 5.73 Å². The van der Waals surface area contributed by atoms with Gasteiger partial charge in [0.05, 0.1) is 0 Å². The van der Waals surface area contributed by atoms with E-state index >= 15 is 0 Å². The molecular weight excluding hydrogens is 238 g/mol. The molecule has 0 aliphatic rings. The van der Waals surface area contributed by atoms with E-state index in [2.05, 4.69) is 46.3 Å². The lowest BCUT2D eigenvalue weighted by atomic mass is 10.0. The summed E-state index contributed by atoms with van der Waals surface area (Å²) in [5.41, 5.74) is 7.01. The van der Waals surface area contributed by atoms with Gasteiger partial charge in [0.2, 0.25) is 0 Å². The van der Waals surface area contributed by atoms with Crippen LogP contribution in [0.2, 0.25) is 0 Å². The Kier molecular flexibility index (Phi) is 2.57. The summed E-state index contributed by atoms with van der Waals surface area (Å²) in [6, 6.07) is 12.7. The number of hydrogen-bond donors (Lipinski definition) is 1. The predicted molar refractivity (Wildman–Crippen MR) is 64.3 cm³/mol. The van der Waals surface area contributed by atoms with E-state index in [1.165, 1.54) is 16.3 Å². The molecule has 1 atom stereocenters. The zero-order valence-corrected chi connectivity index (χ0v) is 9.58. The van der Waals surface area contributed by atoms with Crippen LogP contribution < -0.4 is 5.73 Å². The SMILES string of the molecule is C[C@@H](N)c1ccc2cc(Br)ccc2c1. The lowest BCUT2D eigenvalue weighted by Gasteiger charge is -2.07. The van der Waals surface area contributed by atoms with Crippen molar-refractivity contribution < 1.29 is 0 Å². The topological polar surface area (TPSA) is 26.0 Å². The highest BCUT2D eigenvalue weighted by atomic mass is 79.9. The van der Waals surface area contributed by atoms with Gasteiger partial charge in [0, 0.05) is 10.5 Å². The first-order chi connectivity index (χ1) is 6.66. The monoisotopic (exact) mass is 249 g/mol. The number of rotatable bonds is 1. The molecule has 0 unspecified atom stereocenters. The largest absolute Gasteiger partial charge is 0.324 e. The third kappa shape index (κ3) is 1.81. The molecule has 0 saturated carbocycles. The molecule has 2 rings (SSSR count). The highest BCUT2D eigenvalue weighted by Gasteiger charge is 2.00. The summed E-state index contributed by atoms with van der Waals surface area (Å²) in [5, 5.41) is 2.48. The molecule has 0 aliphatic carbocycles. The van der Waals surface area contributed by atoms with Crippen LogP contribution in [0.3, 0.4) is 0 Å². The molecule has 0 bridgehead atoms. The van der Waals surface area contributed by atoms with Crippen LogP contribution in [0, 0.1) is 0 Å². The molecule has 2 N–H and O–H groups in total. The van der Waals surface area contributed by atoms with Gasteiger partial charge in [-0.3, -0.25) is 0 Å². The van der Waals surface area contributed by atoms with E-state index in [1.54, 1.807) is 0 Å². The first-order valence-corrected chi connectivity index (χ1v) is 5.41. The van der Waals surface area contributed by atoms with E-state index in [0.717, 1.165) is 4.47 Å². The molecule has 2 heteroatoms. The van der Waals surface area contributed by atoms with Gasteiger partial charge in [-0.05, 0) is 41.5 Å². The average molecular weight is 250 g/mol. The third-order valence-corrected chi connectivity index (χ3v) is 2.85. The van der Waals surface area contributed by atoms with Gasteiger partial charge in [0.25, 0.3) is 0 Å². The van der Waals surface area contributed by atoms with Gasteiger partial charge in [0.15, 0.2) is 0 Å². The fraction of sp³-hybridized carbons (Fsp3) is 0.167. The number of fused-ring (bicyclic) bond motifs is 1. The van der Waals surface area contributed by atoms with E-state index in [9.17, 15) is 0 Å². The molecule has 0 aliphatic heterocycles. The molecule has 0 aromatic heterocycles. The number of hydrogen-bond acceptors (Lipinski definition) is 1. The Balaban J connectivity index is 2.62. The molecule has 2 aromatic carbocycles. The van der Waals surface area contributed by atoms with Crippen molar-refractivity contribution in [2.45, 2.75) is 13.0 Å².